The molecule has 1 saturated carbocycles. The number of alkyl halides is 3. The Morgan fingerprint density at radius 2 is 1.84 bits per heavy atom. The van der Waals surface area contributed by atoms with Crippen LogP contribution in [0.15, 0.2) is 37.1 Å². The summed E-state index contributed by atoms with van der Waals surface area (Å²) in [4.78, 5) is 28.4. The first kappa shape index (κ1) is 37.8. The highest BCUT2D eigenvalue weighted by Gasteiger charge is 2.39. The number of amides is 1. The van der Waals surface area contributed by atoms with Crippen LogP contribution in [0.1, 0.15) is 142 Å². The van der Waals surface area contributed by atoms with Gasteiger partial charge in [0.25, 0.3) is 5.91 Å². The normalized spacial score (nSPS) is 16.8. The lowest BCUT2D eigenvalue weighted by atomic mass is 9.78. The third-order valence-corrected chi connectivity index (χ3v) is 9.82. The van der Waals surface area contributed by atoms with E-state index < -0.39 is 29.6 Å². The molecule has 2 aliphatic rings. The number of rotatable bonds is 10. The Hall–Kier alpha value is -4.02. The van der Waals surface area contributed by atoms with Gasteiger partial charge in [-0.15, -0.1) is 0 Å². The van der Waals surface area contributed by atoms with Crippen molar-refractivity contribution in [2.75, 3.05) is 6.54 Å². The van der Waals surface area contributed by atoms with Gasteiger partial charge in [0.15, 0.2) is 11.5 Å². The van der Waals surface area contributed by atoms with Crippen LogP contribution < -0.4 is 0 Å². The Balaban J connectivity index is 0.00000101. The molecular formula is C38H48F4N4O3. The topological polar surface area (TPSA) is 88.3 Å². The van der Waals surface area contributed by atoms with E-state index in [1.807, 2.05) is 37.6 Å². The Morgan fingerprint density at radius 3 is 2.35 bits per heavy atom. The van der Waals surface area contributed by atoms with Crippen molar-refractivity contribution in [3.05, 3.63) is 82.2 Å². The zero-order chi connectivity index (χ0) is 36.2. The van der Waals surface area contributed by atoms with Crippen LogP contribution >= 0.6 is 0 Å². The molecular weight excluding hydrogens is 636 g/mol. The molecule has 0 radical (unpaired) electrons. The lowest BCUT2D eigenvalue weighted by Gasteiger charge is -2.36. The lowest BCUT2D eigenvalue weighted by Crippen LogP contribution is -2.40. The van der Waals surface area contributed by atoms with Gasteiger partial charge < -0.3 is 10.0 Å². The average molecular weight is 685 g/mol. The number of carbonyl (C=O) groups is 2. The molecule has 49 heavy (non-hydrogen) atoms. The number of aromatic hydroxyl groups is 1. The van der Waals surface area contributed by atoms with Crippen LogP contribution in [0.4, 0.5) is 17.6 Å². The molecule has 1 amide bonds. The predicted molar refractivity (Wildman–Crippen MR) is 182 cm³/mol. The van der Waals surface area contributed by atoms with Crippen molar-refractivity contribution in [3.8, 4) is 11.4 Å². The fourth-order valence-electron chi connectivity index (χ4n) is 6.64. The molecule has 3 aromatic rings. The van der Waals surface area contributed by atoms with Crippen molar-refractivity contribution < 1.29 is 32.3 Å². The number of nitrogens with zero attached hydrogens (tertiary/aromatic N) is 4. The number of halogens is 4. The molecule has 1 fully saturated rings. The summed E-state index contributed by atoms with van der Waals surface area (Å²) in [5.74, 6) is -1.07. The molecule has 3 heterocycles. The van der Waals surface area contributed by atoms with Crippen molar-refractivity contribution in [1.82, 2.24) is 19.7 Å². The highest BCUT2D eigenvalue weighted by atomic mass is 19.4. The Morgan fingerprint density at radius 1 is 1.16 bits per heavy atom. The second-order valence-electron chi connectivity index (χ2n) is 13.5. The van der Waals surface area contributed by atoms with E-state index in [1.165, 1.54) is 13.0 Å². The Labute approximate surface area is 286 Å². The number of hydrogen-bond donors (Lipinski definition) is 1. The molecule has 1 aromatic carbocycles. The zero-order valence-corrected chi connectivity index (χ0v) is 29.3. The summed E-state index contributed by atoms with van der Waals surface area (Å²) >= 11 is 0. The summed E-state index contributed by atoms with van der Waals surface area (Å²) in [5.41, 5.74) is 3.33. The number of ketones is 1. The van der Waals surface area contributed by atoms with Gasteiger partial charge in [0.2, 0.25) is 0 Å². The van der Waals surface area contributed by atoms with Gasteiger partial charge in [0.1, 0.15) is 11.6 Å². The number of aromatic nitrogens is 3. The Bertz CT molecular complexity index is 1680. The molecule has 7 nitrogen and oxygen atoms in total. The number of fused-ring (bicyclic) bond motifs is 1. The maximum atomic E-state index is 16.1. The van der Waals surface area contributed by atoms with Gasteiger partial charge in [-0.3, -0.25) is 9.59 Å². The van der Waals surface area contributed by atoms with Gasteiger partial charge in [-0.05, 0) is 80.6 Å². The second-order valence-corrected chi connectivity index (χ2v) is 13.5. The number of carbonyl (C=O) groups excluding carboxylic acids is 2. The van der Waals surface area contributed by atoms with E-state index in [1.54, 1.807) is 4.90 Å². The standard InChI is InChI=1S/C34H42F4N4O2.C4H6O/c1-6-20(5)11-13-24-30-25(7-2)41(33(44)22-17-28(43)32(39-18-22)34(36,37)38)16-15-27(30)42(40-24)26-14-12-23(21-9-8-10-21)31(35)29(26)19(3)4;1-3-4(2)5/h12,14,17-21,25,43H,6-11,13,15-16H2,1-5H3;3H,1H2,2H3. The zero-order valence-electron chi connectivity index (χ0n) is 29.3. The molecule has 5 rings (SSSR count). The predicted octanol–water partition coefficient (Wildman–Crippen LogP) is 9.41. The van der Waals surface area contributed by atoms with Crippen LogP contribution in [0.3, 0.4) is 0 Å². The summed E-state index contributed by atoms with van der Waals surface area (Å²) in [5, 5.41) is 15.2. The summed E-state index contributed by atoms with van der Waals surface area (Å²) in [6.45, 7) is 15.3. The fourth-order valence-corrected chi connectivity index (χ4v) is 6.64. The molecule has 2 aromatic heterocycles. The molecule has 11 heteroatoms. The first-order valence-electron chi connectivity index (χ1n) is 17.3. The largest absolute Gasteiger partial charge is 0.506 e. The second kappa shape index (κ2) is 15.7. The summed E-state index contributed by atoms with van der Waals surface area (Å²) in [6.07, 6.45) is 4.02. The van der Waals surface area contributed by atoms with E-state index in [-0.39, 0.29) is 29.0 Å². The van der Waals surface area contributed by atoms with Crippen molar-refractivity contribution in [1.29, 1.82) is 0 Å². The van der Waals surface area contributed by atoms with Gasteiger partial charge in [0.05, 0.1) is 28.7 Å². The van der Waals surface area contributed by atoms with Crippen LogP contribution in [0.2, 0.25) is 0 Å². The van der Waals surface area contributed by atoms with E-state index in [4.69, 9.17) is 5.10 Å². The van der Waals surface area contributed by atoms with Gasteiger partial charge in [-0.1, -0.05) is 60.1 Å². The minimum atomic E-state index is -4.83. The number of hydrogen-bond acceptors (Lipinski definition) is 5. The number of benzene rings is 1. The third kappa shape index (κ3) is 8.07. The van der Waals surface area contributed by atoms with Gasteiger partial charge in [0, 0.05) is 30.3 Å². The molecule has 1 aliphatic heterocycles. The first-order valence-corrected chi connectivity index (χ1v) is 17.3. The van der Waals surface area contributed by atoms with E-state index >= 15 is 4.39 Å². The highest BCUT2D eigenvalue weighted by molar-refractivity contribution is 5.95. The van der Waals surface area contributed by atoms with Crippen LogP contribution in [0.25, 0.3) is 5.69 Å². The molecule has 0 spiro atoms. The van der Waals surface area contributed by atoms with Gasteiger partial charge in [-0.2, -0.15) is 18.3 Å². The molecule has 2 unspecified atom stereocenters. The van der Waals surface area contributed by atoms with E-state index in [0.717, 1.165) is 72.6 Å². The number of pyridine rings is 1. The molecule has 1 N–H and O–H groups in total. The molecule has 266 valence electrons. The molecule has 0 bridgehead atoms. The van der Waals surface area contributed by atoms with Crippen LogP contribution in [0, 0.1) is 11.7 Å². The van der Waals surface area contributed by atoms with Gasteiger partial charge in [-0.25, -0.2) is 14.1 Å². The minimum absolute atomic E-state index is 0.0185. The quantitative estimate of drug-likeness (QED) is 0.170. The van der Waals surface area contributed by atoms with Crippen LogP contribution in [-0.2, 0) is 23.8 Å². The summed E-state index contributed by atoms with van der Waals surface area (Å²) in [6, 6.07) is 4.35. The monoisotopic (exact) mass is 684 g/mol. The van der Waals surface area contributed by atoms with Crippen molar-refractivity contribution >= 4 is 11.7 Å². The maximum absolute atomic E-state index is 16.1. The van der Waals surface area contributed by atoms with Gasteiger partial charge >= 0.3 is 6.18 Å². The number of allylic oxidation sites excluding steroid dienone is 1. The minimum Gasteiger partial charge on any atom is -0.506 e. The fraction of sp³-hybridized carbons (Fsp3) is 0.526. The van der Waals surface area contributed by atoms with Crippen molar-refractivity contribution in [3.63, 3.8) is 0 Å². The maximum Gasteiger partial charge on any atom is 0.437 e. The lowest BCUT2D eigenvalue weighted by molar-refractivity contribution is -0.142. The molecule has 1 aliphatic carbocycles. The smallest absolute Gasteiger partial charge is 0.437 e. The van der Waals surface area contributed by atoms with Crippen molar-refractivity contribution in [2.24, 2.45) is 5.92 Å². The van der Waals surface area contributed by atoms with Crippen LogP contribution in [0.5, 0.6) is 5.75 Å². The van der Waals surface area contributed by atoms with Crippen LogP contribution in [-0.4, -0.2) is 43.0 Å². The summed E-state index contributed by atoms with van der Waals surface area (Å²) < 4.78 is 57.6. The van der Waals surface area contributed by atoms with E-state index in [2.05, 4.69) is 25.4 Å². The van der Waals surface area contributed by atoms with Crippen molar-refractivity contribution in [2.45, 2.75) is 117 Å². The summed E-state index contributed by atoms with van der Waals surface area (Å²) in [7, 11) is 0. The molecule has 0 saturated heterocycles. The third-order valence-electron chi connectivity index (χ3n) is 9.82. The number of aryl methyl sites for hydroxylation is 1. The SMILES string of the molecule is C=CC(C)=O.CCC(C)CCc1nn(-c2ccc(C3CCC3)c(F)c2C(C)C)c2c1C(CC)N(C(=O)c1cnc(C(F)(F)F)c(O)c1)CC2. The first-order chi connectivity index (χ1) is 23.1. The van der Waals surface area contributed by atoms with E-state index in [0.29, 0.717) is 37.3 Å². The average Bonchev–Trinajstić information content (AvgIpc) is 3.40. The van der Waals surface area contributed by atoms with E-state index in [9.17, 15) is 27.9 Å². The Kier molecular flexibility index (Phi) is 12.1. The highest BCUT2D eigenvalue weighted by Crippen LogP contribution is 2.43. The molecule has 2 atom stereocenters.